The highest BCUT2D eigenvalue weighted by Crippen LogP contribution is 2.31. The van der Waals surface area contributed by atoms with E-state index in [1.54, 1.807) is 11.1 Å². The molecule has 0 unspecified atom stereocenters. The molecule has 1 fully saturated rings. The van der Waals surface area contributed by atoms with Crippen molar-refractivity contribution in [3.05, 3.63) is 70.3 Å². The number of benzene rings is 2. The zero-order valence-corrected chi connectivity index (χ0v) is 18.0. The molecular weight excluding hydrogens is 448 g/mol. The first kappa shape index (κ1) is 20.6. The highest BCUT2D eigenvalue weighted by molar-refractivity contribution is 9.10. The second kappa shape index (κ2) is 9.02. The molecule has 3 aromatic rings. The van der Waals surface area contributed by atoms with Crippen LogP contribution in [0.1, 0.15) is 28.8 Å². The van der Waals surface area contributed by atoms with Gasteiger partial charge in [-0.05, 0) is 40.4 Å². The van der Waals surface area contributed by atoms with Gasteiger partial charge in [-0.25, -0.2) is 4.79 Å². The van der Waals surface area contributed by atoms with E-state index in [2.05, 4.69) is 15.9 Å². The van der Waals surface area contributed by atoms with E-state index in [9.17, 15) is 14.7 Å². The van der Waals surface area contributed by atoms with E-state index in [0.29, 0.717) is 25.1 Å². The van der Waals surface area contributed by atoms with Crippen molar-refractivity contribution >= 4 is 38.7 Å². The quantitative estimate of drug-likeness (QED) is 0.542. The molecule has 4 rings (SSSR count). The molecule has 0 saturated carbocycles. The number of hydrogen-bond acceptors (Lipinski definition) is 4. The van der Waals surface area contributed by atoms with Crippen molar-refractivity contribution in [1.82, 2.24) is 9.47 Å². The van der Waals surface area contributed by atoms with Crippen LogP contribution in [-0.2, 0) is 17.9 Å². The fourth-order valence-corrected chi connectivity index (χ4v) is 4.63. The Bertz CT molecular complexity index is 1060. The first-order valence-electron chi connectivity index (χ1n) is 10.00. The van der Waals surface area contributed by atoms with Crippen LogP contribution < -0.4 is 0 Å². The van der Waals surface area contributed by atoms with Gasteiger partial charge in [0, 0.05) is 34.7 Å². The van der Waals surface area contributed by atoms with Crippen LogP contribution in [0.4, 0.5) is 4.79 Å². The molecule has 1 saturated heterocycles. The van der Waals surface area contributed by atoms with E-state index < -0.39 is 12.1 Å². The second-order valence-electron chi connectivity index (χ2n) is 7.35. The standard InChI is InChI=1S/C23H23BrN2O4/c24-19-9-4-8-17-18(14-25(12-13-27)21(17)19)22(28)20-10-5-11-26(20)23(29)30-15-16-6-2-1-3-7-16/h1-4,6-9,14,20,27H,5,10-13,15H2/t20-/m0/s1. The summed E-state index contributed by atoms with van der Waals surface area (Å²) in [6.07, 6.45) is 2.69. The van der Waals surface area contributed by atoms with Crippen molar-refractivity contribution in [1.29, 1.82) is 0 Å². The summed E-state index contributed by atoms with van der Waals surface area (Å²) in [6.45, 7) is 1.04. The van der Waals surface area contributed by atoms with Gasteiger partial charge in [-0.1, -0.05) is 42.5 Å². The Kier molecular flexibility index (Phi) is 6.20. The maximum Gasteiger partial charge on any atom is 0.410 e. The Morgan fingerprint density at radius 1 is 1.13 bits per heavy atom. The van der Waals surface area contributed by atoms with Crippen molar-refractivity contribution in [2.45, 2.75) is 32.0 Å². The van der Waals surface area contributed by atoms with E-state index in [1.807, 2.05) is 53.1 Å². The van der Waals surface area contributed by atoms with Crippen molar-refractivity contribution in [3.63, 3.8) is 0 Å². The number of aromatic nitrogens is 1. The lowest BCUT2D eigenvalue weighted by atomic mass is 10.0. The number of halogens is 1. The molecular formula is C23H23BrN2O4. The SMILES string of the molecule is O=C(c1cn(CCO)c2c(Br)cccc12)[C@@H]1CCCN1C(=O)OCc1ccccc1. The zero-order chi connectivity index (χ0) is 21.1. The first-order valence-corrected chi connectivity index (χ1v) is 10.8. The Labute approximate surface area is 183 Å². The highest BCUT2D eigenvalue weighted by atomic mass is 79.9. The van der Waals surface area contributed by atoms with Gasteiger partial charge in [0.05, 0.1) is 18.2 Å². The molecule has 0 aliphatic carbocycles. The number of para-hydroxylation sites is 1. The summed E-state index contributed by atoms with van der Waals surface area (Å²) in [5.74, 6) is -0.0936. The monoisotopic (exact) mass is 470 g/mol. The number of amides is 1. The normalized spacial score (nSPS) is 16.2. The van der Waals surface area contributed by atoms with E-state index in [-0.39, 0.29) is 19.0 Å². The smallest absolute Gasteiger partial charge is 0.410 e. The number of carbonyl (C=O) groups excluding carboxylic acids is 2. The van der Waals surface area contributed by atoms with Gasteiger partial charge in [0.25, 0.3) is 0 Å². The van der Waals surface area contributed by atoms with Gasteiger partial charge in [-0.15, -0.1) is 0 Å². The number of fused-ring (bicyclic) bond motifs is 1. The van der Waals surface area contributed by atoms with Crippen LogP contribution in [0, 0.1) is 0 Å². The fraction of sp³-hybridized carbons (Fsp3) is 0.304. The van der Waals surface area contributed by atoms with Gasteiger partial charge < -0.3 is 14.4 Å². The molecule has 1 aromatic heterocycles. The van der Waals surface area contributed by atoms with Crippen molar-refractivity contribution in [2.24, 2.45) is 0 Å². The highest BCUT2D eigenvalue weighted by Gasteiger charge is 2.36. The van der Waals surface area contributed by atoms with E-state index in [4.69, 9.17) is 4.74 Å². The number of carbonyl (C=O) groups is 2. The molecule has 1 atom stereocenters. The molecule has 2 aromatic carbocycles. The molecule has 0 spiro atoms. The minimum Gasteiger partial charge on any atom is -0.445 e. The summed E-state index contributed by atoms with van der Waals surface area (Å²) >= 11 is 3.54. The number of nitrogens with zero attached hydrogens (tertiary/aromatic N) is 2. The molecule has 30 heavy (non-hydrogen) atoms. The van der Waals surface area contributed by atoms with Gasteiger partial charge in [-0.2, -0.15) is 0 Å². The van der Waals surface area contributed by atoms with Crippen LogP contribution in [0.25, 0.3) is 10.9 Å². The summed E-state index contributed by atoms with van der Waals surface area (Å²) in [6, 6.07) is 14.6. The lowest BCUT2D eigenvalue weighted by Gasteiger charge is -2.23. The third-order valence-corrected chi connectivity index (χ3v) is 6.09. The van der Waals surface area contributed by atoms with Crippen LogP contribution in [-0.4, -0.2) is 45.6 Å². The largest absolute Gasteiger partial charge is 0.445 e. The molecule has 1 aliphatic heterocycles. The average Bonchev–Trinajstić information content (AvgIpc) is 3.39. The predicted octanol–water partition coefficient (Wildman–Crippen LogP) is 4.38. The predicted molar refractivity (Wildman–Crippen MR) is 117 cm³/mol. The zero-order valence-electron chi connectivity index (χ0n) is 16.5. The number of ether oxygens (including phenoxy) is 1. The minimum atomic E-state index is -0.541. The van der Waals surface area contributed by atoms with Gasteiger partial charge in [0.2, 0.25) is 0 Å². The average molecular weight is 471 g/mol. The van der Waals surface area contributed by atoms with Crippen LogP contribution in [0.15, 0.2) is 59.2 Å². The topological polar surface area (TPSA) is 71.8 Å². The maximum atomic E-state index is 13.4. The number of aliphatic hydroxyl groups excluding tert-OH is 1. The second-order valence-corrected chi connectivity index (χ2v) is 8.21. The number of hydrogen-bond donors (Lipinski definition) is 1. The molecule has 2 heterocycles. The molecule has 156 valence electrons. The number of likely N-dealkylation sites (tertiary alicyclic amines) is 1. The molecule has 1 aliphatic rings. The van der Waals surface area contributed by atoms with E-state index in [1.165, 1.54) is 0 Å². The van der Waals surface area contributed by atoms with Crippen molar-refractivity contribution in [3.8, 4) is 0 Å². The van der Waals surface area contributed by atoms with Crippen molar-refractivity contribution < 1.29 is 19.4 Å². The summed E-state index contributed by atoms with van der Waals surface area (Å²) in [4.78, 5) is 27.7. The molecule has 1 amide bonds. The van der Waals surface area contributed by atoms with Gasteiger partial charge in [0.15, 0.2) is 5.78 Å². The molecule has 0 radical (unpaired) electrons. The molecule has 1 N–H and O–H groups in total. The summed E-state index contributed by atoms with van der Waals surface area (Å²) in [5.41, 5.74) is 2.34. The first-order chi connectivity index (χ1) is 14.6. The van der Waals surface area contributed by atoms with Crippen LogP contribution >= 0.6 is 15.9 Å². The third kappa shape index (κ3) is 4.00. The number of rotatable bonds is 6. The van der Waals surface area contributed by atoms with Crippen molar-refractivity contribution in [2.75, 3.05) is 13.2 Å². The summed E-state index contributed by atoms with van der Waals surface area (Å²) in [7, 11) is 0. The fourth-order valence-electron chi connectivity index (χ4n) is 4.03. The third-order valence-electron chi connectivity index (χ3n) is 5.45. The Morgan fingerprint density at radius 2 is 1.93 bits per heavy atom. The van der Waals surface area contributed by atoms with E-state index >= 15 is 0 Å². The van der Waals surface area contributed by atoms with Gasteiger partial charge in [-0.3, -0.25) is 9.69 Å². The summed E-state index contributed by atoms with van der Waals surface area (Å²) in [5, 5.41) is 10.2. The van der Waals surface area contributed by atoms with Crippen LogP contribution in [0.2, 0.25) is 0 Å². The number of ketones is 1. The van der Waals surface area contributed by atoms with Gasteiger partial charge >= 0.3 is 6.09 Å². The van der Waals surface area contributed by atoms with E-state index in [0.717, 1.165) is 27.4 Å². The Balaban J connectivity index is 1.56. The maximum absolute atomic E-state index is 13.4. The Morgan fingerprint density at radius 3 is 2.70 bits per heavy atom. The summed E-state index contributed by atoms with van der Waals surface area (Å²) < 4.78 is 8.20. The Hall–Kier alpha value is -2.64. The lowest BCUT2D eigenvalue weighted by Crippen LogP contribution is -2.40. The van der Waals surface area contributed by atoms with Crippen LogP contribution in [0.5, 0.6) is 0 Å². The van der Waals surface area contributed by atoms with Gasteiger partial charge in [0.1, 0.15) is 6.61 Å². The lowest BCUT2D eigenvalue weighted by molar-refractivity contribution is 0.0739. The number of aliphatic hydroxyl groups is 1. The molecule has 6 nitrogen and oxygen atoms in total. The molecule has 7 heteroatoms. The van der Waals surface area contributed by atoms with Crippen LogP contribution in [0.3, 0.4) is 0 Å². The molecule has 0 bridgehead atoms. The number of Topliss-reactive ketones (excluding diaryl/α,β-unsaturated/α-hetero) is 1. The minimum absolute atomic E-state index is 0.0277.